The Hall–Kier alpha value is -3.20. The molecule has 0 fully saturated rings. The van der Waals surface area contributed by atoms with E-state index in [0.29, 0.717) is 6.07 Å². The number of nitro groups is 1. The topological polar surface area (TPSA) is 119 Å². The van der Waals surface area contributed by atoms with Crippen LogP contribution in [0.25, 0.3) is 0 Å². The summed E-state index contributed by atoms with van der Waals surface area (Å²) in [4.78, 5) is 33.6. The number of rotatable bonds is 5. The number of nitro benzene ring substituents is 1. The summed E-state index contributed by atoms with van der Waals surface area (Å²) in [7, 11) is 0. The van der Waals surface area contributed by atoms with Crippen molar-refractivity contribution in [2.24, 2.45) is 0 Å². The predicted molar refractivity (Wildman–Crippen MR) is 85.1 cm³/mol. The molecule has 25 heavy (non-hydrogen) atoms. The van der Waals surface area contributed by atoms with Gasteiger partial charge in [0.05, 0.1) is 11.0 Å². The van der Waals surface area contributed by atoms with E-state index in [1.54, 1.807) is 0 Å². The van der Waals surface area contributed by atoms with Crippen LogP contribution in [0.3, 0.4) is 0 Å². The lowest BCUT2D eigenvalue weighted by Crippen LogP contribution is -2.21. The van der Waals surface area contributed by atoms with Crippen LogP contribution in [0.4, 0.5) is 15.8 Å². The molecule has 0 radical (unpaired) electrons. The van der Waals surface area contributed by atoms with Crippen molar-refractivity contribution in [1.82, 2.24) is 0 Å². The van der Waals surface area contributed by atoms with Crippen molar-refractivity contribution in [3.8, 4) is 5.75 Å². The summed E-state index contributed by atoms with van der Waals surface area (Å²) in [6.45, 7) is -0.778. The van der Waals surface area contributed by atoms with Crippen LogP contribution in [0.2, 0.25) is 5.02 Å². The Morgan fingerprint density at radius 1 is 1.28 bits per heavy atom. The summed E-state index contributed by atoms with van der Waals surface area (Å²) in [5.41, 5.74) is -1.14. The van der Waals surface area contributed by atoms with E-state index in [1.165, 1.54) is 12.1 Å². The number of aromatic hydroxyl groups is 1. The molecule has 8 nitrogen and oxygen atoms in total. The zero-order valence-electron chi connectivity index (χ0n) is 12.4. The molecule has 2 rings (SSSR count). The molecular formula is C15H10ClFN2O6. The first-order valence-electron chi connectivity index (χ1n) is 6.67. The van der Waals surface area contributed by atoms with Gasteiger partial charge in [-0.25, -0.2) is 9.18 Å². The minimum atomic E-state index is -1.01. The lowest BCUT2D eigenvalue weighted by molar-refractivity contribution is -0.384. The van der Waals surface area contributed by atoms with Crippen LogP contribution in [-0.4, -0.2) is 28.5 Å². The van der Waals surface area contributed by atoms with Crippen molar-refractivity contribution in [1.29, 1.82) is 0 Å². The van der Waals surface area contributed by atoms with E-state index in [1.807, 2.05) is 0 Å². The Balaban J connectivity index is 2.03. The number of carbonyl (C=O) groups is 2. The fourth-order valence-corrected chi connectivity index (χ4v) is 2.00. The van der Waals surface area contributed by atoms with E-state index in [4.69, 9.17) is 16.3 Å². The number of esters is 1. The van der Waals surface area contributed by atoms with Gasteiger partial charge in [-0.2, -0.15) is 0 Å². The molecule has 0 saturated carbocycles. The van der Waals surface area contributed by atoms with E-state index in [0.717, 1.165) is 18.2 Å². The molecule has 0 aliphatic heterocycles. The fraction of sp³-hybridized carbons (Fsp3) is 0.0667. The molecule has 0 bridgehead atoms. The summed E-state index contributed by atoms with van der Waals surface area (Å²) in [6, 6.07) is 6.27. The molecule has 0 saturated heterocycles. The molecule has 0 spiro atoms. The second-order valence-corrected chi connectivity index (χ2v) is 5.14. The number of phenolic OH excluding ortho intramolecular Hbond substituents is 1. The molecule has 0 heterocycles. The highest BCUT2D eigenvalue weighted by molar-refractivity contribution is 6.31. The summed E-state index contributed by atoms with van der Waals surface area (Å²) < 4.78 is 17.7. The van der Waals surface area contributed by atoms with Crippen LogP contribution in [0, 0.1) is 15.9 Å². The highest BCUT2D eigenvalue weighted by Crippen LogP contribution is 2.25. The molecule has 0 unspecified atom stereocenters. The van der Waals surface area contributed by atoms with Gasteiger partial charge in [-0.05, 0) is 30.3 Å². The number of ether oxygens (including phenoxy) is 1. The average molecular weight is 369 g/mol. The fourth-order valence-electron chi connectivity index (χ4n) is 1.83. The van der Waals surface area contributed by atoms with E-state index >= 15 is 0 Å². The van der Waals surface area contributed by atoms with Crippen molar-refractivity contribution in [2.75, 3.05) is 11.9 Å². The second kappa shape index (κ2) is 7.58. The zero-order valence-corrected chi connectivity index (χ0v) is 13.1. The van der Waals surface area contributed by atoms with Crippen molar-refractivity contribution in [2.45, 2.75) is 0 Å². The van der Waals surface area contributed by atoms with Crippen molar-refractivity contribution < 1.29 is 28.7 Å². The molecule has 0 aliphatic rings. The second-order valence-electron chi connectivity index (χ2n) is 4.70. The van der Waals surface area contributed by atoms with Gasteiger partial charge in [0.1, 0.15) is 22.8 Å². The third-order valence-corrected chi connectivity index (χ3v) is 3.18. The standard InChI is InChI=1S/C15H10ClFN2O6/c16-8-1-4-13(20)10(5-8)15(22)25-7-14(21)18-11-3-2-9(17)6-12(11)19(23)24/h1-6,20H,7H2,(H,18,21). The van der Waals surface area contributed by atoms with Crippen LogP contribution in [0.15, 0.2) is 36.4 Å². The van der Waals surface area contributed by atoms with E-state index < -0.39 is 34.9 Å². The normalized spacial score (nSPS) is 10.2. The van der Waals surface area contributed by atoms with Crippen LogP contribution in [0.1, 0.15) is 10.4 Å². The number of halogens is 2. The highest BCUT2D eigenvalue weighted by Gasteiger charge is 2.19. The molecule has 1 amide bonds. The first-order chi connectivity index (χ1) is 11.8. The van der Waals surface area contributed by atoms with Crippen LogP contribution in [-0.2, 0) is 9.53 Å². The maximum Gasteiger partial charge on any atom is 0.342 e. The zero-order chi connectivity index (χ0) is 18.6. The Bertz CT molecular complexity index is 858. The van der Waals surface area contributed by atoms with Gasteiger partial charge in [0.25, 0.3) is 11.6 Å². The molecule has 10 heteroatoms. The van der Waals surface area contributed by atoms with E-state index in [9.17, 15) is 29.2 Å². The molecule has 0 aliphatic carbocycles. The predicted octanol–water partition coefficient (Wildman–Crippen LogP) is 2.89. The number of hydrogen-bond donors (Lipinski definition) is 2. The number of amides is 1. The number of carbonyl (C=O) groups excluding carboxylic acids is 2. The molecule has 2 N–H and O–H groups in total. The number of phenols is 1. The summed E-state index contributed by atoms with van der Waals surface area (Å²) >= 11 is 5.70. The van der Waals surface area contributed by atoms with Gasteiger partial charge in [-0.3, -0.25) is 14.9 Å². The minimum Gasteiger partial charge on any atom is -0.507 e. The van der Waals surface area contributed by atoms with Gasteiger partial charge in [-0.15, -0.1) is 0 Å². The Morgan fingerprint density at radius 2 is 2.00 bits per heavy atom. The number of nitrogens with zero attached hydrogens (tertiary/aromatic N) is 1. The molecule has 0 aromatic heterocycles. The van der Waals surface area contributed by atoms with Gasteiger partial charge < -0.3 is 15.2 Å². The molecule has 0 atom stereocenters. The Kier molecular flexibility index (Phi) is 5.50. The largest absolute Gasteiger partial charge is 0.507 e. The summed E-state index contributed by atoms with van der Waals surface area (Å²) in [6.07, 6.45) is 0. The van der Waals surface area contributed by atoms with Crippen LogP contribution in [0.5, 0.6) is 5.75 Å². The summed E-state index contributed by atoms with van der Waals surface area (Å²) in [5, 5.41) is 22.7. The molecule has 2 aromatic carbocycles. The minimum absolute atomic E-state index is 0.177. The first-order valence-corrected chi connectivity index (χ1v) is 7.05. The van der Waals surface area contributed by atoms with Gasteiger partial charge in [0, 0.05) is 5.02 Å². The Morgan fingerprint density at radius 3 is 2.68 bits per heavy atom. The van der Waals surface area contributed by atoms with Crippen molar-refractivity contribution in [3.05, 3.63) is 62.9 Å². The van der Waals surface area contributed by atoms with Gasteiger partial charge in [0.2, 0.25) is 0 Å². The van der Waals surface area contributed by atoms with Gasteiger partial charge in [0.15, 0.2) is 6.61 Å². The molecular weight excluding hydrogens is 359 g/mol. The lowest BCUT2D eigenvalue weighted by atomic mass is 10.2. The lowest BCUT2D eigenvalue weighted by Gasteiger charge is -2.08. The summed E-state index contributed by atoms with van der Waals surface area (Å²) in [5.74, 6) is -3.12. The highest BCUT2D eigenvalue weighted by atomic mass is 35.5. The van der Waals surface area contributed by atoms with Crippen LogP contribution < -0.4 is 5.32 Å². The van der Waals surface area contributed by atoms with Crippen molar-refractivity contribution in [3.63, 3.8) is 0 Å². The average Bonchev–Trinajstić information content (AvgIpc) is 2.56. The molecule has 130 valence electrons. The third-order valence-electron chi connectivity index (χ3n) is 2.94. The maximum absolute atomic E-state index is 13.0. The smallest absolute Gasteiger partial charge is 0.342 e. The monoisotopic (exact) mass is 368 g/mol. The van der Waals surface area contributed by atoms with Gasteiger partial charge >= 0.3 is 5.97 Å². The first kappa shape index (κ1) is 18.1. The van der Waals surface area contributed by atoms with Crippen LogP contribution >= 0.6 is 11.6 Å². The van der Waals surface area contributed by atoms with Gasteiger partial charge in [-0.1, -0.05) is 11.6 Å². The molecule has 2 aromatic rings. The van der Waals surface area contributed by atoms with E-state index in [-0.39, 0.29) is 22.0 Å². The third kappa shape index (κ3) is 4.64. The number of hydrogen-bond acceptors (Lipinski definition) is 6. The van der Waals surface area contributed by atoms with E-state index in [2.05, 4.69) is 5.32 Å². The number of nitrogens with one attached hydrogen (secondary N) is 1. The quantitative estimate of drug-likeness (QED) is 0.476. The number of benzene rings is 2. The maximum atomic E-state index is 13.0. The Labute approximate surface area is 144 Å². The number of anilines is 1. The van der Waals surface area contributed by atoms with Crippen molar-refractivity contribution >= 4 is 34.9 Å². The SMILES string of the molecule is O=C(COC(=O)c1cc(Cl)ccc1O)Nc1ccc(F)cc1[N+](=O)[O-].